The van der Waals surface area contributed by atoms with E-state index in [0.717, 1.165) is 13.1 Å². The Balaban J connectivity index is 2.62. The van der Waals surface area contributed by atoms with E-state index in [0.29, 0.717) is 12.1 Å². The molecule has 1 aliphatic rings. The van der Waals surface area contributed by atoms with Gasteiger partial charge in [-0.1, -0.05) is 18.2 Å². The minimum Gasteiger partial charge on any atom is -0.334 e. The van der Waals surface area contributed by atoms with Crippen LogP contribution >= 0.6 is 0 Å². The molecular weight excluding hydrogens is 200 g/mol. The third-order valence-electron chi connectivity index (χ3n) is 3.12. The lowest BCUT2D eigenvalue weighted by molar-refractivity contribution is -0.131. The van der Waals surface area contributed by atoms with Crippen molar-refractivity contribution in [1.29, 1.82) is 0 Å². The highest BCUT2D eigenvalue weighted by molar-refractivity contribution is 5.88. The van der Waals surface area contributed by atoms with Gasteiger partial charge in [-0.2, -0.15) is 0 Å². The van der Waals surface area contributed by atoms with Gasteiger partial charge in [-0.25, -0.2) is 0 Å². The van der Waals surface area contributed by atoms with Crippen LogP contribution in [0.4, 0.5) is 0 Å². The second-order valence-electron chi connectivity index (χ2n) is 4.51. The molecule has 0 saturated carbocycles. The molecule has 0 aromatic heterocycles. The van der Waals surface area contributed by atoms with Crippen LogP contribution < -0.4 is 0 Å². The Labute approximate surface area is 98.4 Å². The number of rotatable bonds is 2. The van der Waals surface area contributed by atoms with E-state index in [1.807, 2.05) is 24.0 Å². The molecule has 0 unspecified atom stereocenters. The normalized spacial score (nSPS) is 28.1. The van der Waals surface area contributed by atoms with Gasteiger partial charge in [-0.3, -0.25) is 9.69 Å². The van der Waals surface area contributed by atoms with Crippen LogP contribution in [0.15, 0.2) is 24.3 Å². The number of piperazine rings is 1. The van der Waals surface area contributed by atoms with Gasteiger partial charge in [0.05, 0.1) is 0 Å². The van der Waals surface area contributed by atoms with Crippen molar-refractivity contribution in [1.82, 2.24) is 9.80 Å². The molecule has 1 amide bonds. The summed E-state index contributed by atoms with van der Waals surface area (Å²) >= 11 is 0. The molecule has 0 aromatic carbocycles. The van der Waals surface area contributed by atoms with Crippen molar-refractivity contribution in [3.05, 3.63) is 24.3 Å². The first kappa shape index (κ1) is 13.0. The van der Waals surface area contributed by atoms with E-state index in [4.69, 9.17) is 0 Å². The molecule has 16 heavy (non-hydrogen) atoms. The topological polar surface area (TPSA) is 23.6 Å². The van der Waals surface area contributed by atoms with Gasteiger partial charge < -0.3 is 4.90 Å². The van der Waals surface area contributed by atoms with Crippen LogP contribution in [0.25, 0.3) is 0 Å². The Morgan fingerprint density at radius 3 is 2.50 bits per heavy atom. The van der Waals surface area contributed by atoms with Gasteiger partial charge in [0.15, 0.2) is 0 Å². The number of nitrogens with zero attached hydrogens (tertiary/aromatic N) is 2. The fourth-order valence-electron chi connectivity index (χ4n) is 1.95. The molecule has 90 valence electrons. The molecule has 0 bridgehead atoms. The molecule has 0 N–H and O–H groups in total. The van der Waals surface area contributed by atoms with Crippen molar-refractivity contribution in [2.24, 2.45) is 0 Å². The maximum Gasteiger partial charge on any atom is 0.246 e. The molecule has 3 nitrogen and oxygen atoms in total. The minimum absolute atomic E-state index is 0.116. The number of likely N-dealkylation sites (N-methyl/N-ethyl adjacent to an activating group) is 1. The summed E-state index contributed by atoms with van der Waals surface area (Å²) in [6.45, 7) is 7.96. The monoisotopic (exact) mass is 222 g/mol. The van der Waals surface area contributed by atoms with Crippen LogP contribution in [0, 0.1) is 0 Å². The standard InChI is InChI=1S/C13H22N2O/c1-5-6-7-8-13(16)15-10-11(2)14(4)9-12(15)3/h5-8,11-12H,9-10H2,1-4H3/t11-,12+/m0/s1. The quantitative estimate of drug-likeness (QED) is 0.524. The third kappa shape index (κ3) is 3.20. The van der Waals surface area contributed by atoms with Crippen molar-refractivity contribution < 1.29 is 4.79 Å². The predicted molar refractivity (Wildman–Crippen MR) is 67.2 cm³/mol. The molecule has 1 heterocycles. The maximum atomic E-state index is 11.9. The molecule has 0 aromatic rings. The fraction of sp³-hybridized carbons (Fsp3) is 0.615. The van der Waals surface area contributed by atoms with Gasteiger partial charge in [0.2, 0.25) is 5.91 Å². The Morgan fingerprint density at radius 1 is 1.19 bits per heavy atom. The number of hydrogen-bond donors (Lipinski definition) is 0. The van der Waals surface area contributed by atoms with Gasteiger partial charge >= 0.3 is 0 Å². The zero-order valence-electron chi connectivity index (χ0n) is 10.7. The Kier molecular flexibility index (Phi) is 4.74. The lowest BCUT2D eigenvalue weighted by atomic mass is 10.1. The van der Waals surface area contributed by atoms with Gasteiger partial charge in [-0.05, 0) is 27.8 Å². The number of hydrogen-bond acceptors (Lipinski definition) is 2. The highest BCUT2D eigenvalue weighted by atomic mass is 16.2. The lowest BCUT2D eigenvalue weighted by Gasteiger charge is -2.42. The summed E-state index contributed by atoms with van der Waals surface area (Å²) in [5.74, 6) is 0.116. The fourth-order valence-corrected chi connectivity index (χ4v) is 1.95. The van der Waals surface area contributed by atoms with E-state index in [2.05, 4.69) is 25.8 Å². The van der Waals surface area contributed by atoms with Crippen LogP contribution in [0.1, 0.15) is 20.8 Å². The Morgan fingerprint density at radius 2 is 1.88 bits per heavy atom. The number of carbonyl (C=O) groups excluding carboxylic acids is 1. The summed E-state index contributed by atoms with van der Waals surface area (Å²) < 4.78 is 0. The summed E-state index contributed by atoms with van der Waals surface area (Å²) in [7, 11) is 2.11. The average Bonchev–Trinajstić information content (AvgIpc) is 2.23. The van der Waals surface area contributed by atoms with Crippen molar-refractivity contribution >= 4 is 5.91 Å². The second-order valence-corrected chi connectivity index (χ2v) is 4.51. The van der Waals surface area contributed by atoms with E-state index in [1.54, 1.807) is 12.2 Å². The molecule has 1 aliphatic heterocycles. The summed E-state index contributed by atoms with van der Waals surface area (Å²) in [5.41, 5.74) is 0. The van der Waals surface area contributed by atoms with Crippen molar-refractivity contribution in [3.8, 4) is 0 Å². The zero-order chi connectivity index (χ0) is 12.1. The largest absolute Gasteiger partial charge is 0.334 e. The third-order valence-corrected chi connectivity index (χ3v) is 3.12. The highest BCUT2D eigenvalue weighted by Gasteiger charge is 2.28. The molecular formula is C13H22N2O. The van der Waals surface area contributed by atoms with Gasteiger partial charge in [0.25, 0.3) is 0 Å². The average molecular weight is 222 g/mol. The first-order valence-corrected chi connectivity index (χ1v) is 5.86. The van der Waals surface area contributed by atoms with Crippen LogP contribution in [0.5, 0.6) is 0 Å². The van der Waals surface area contributed by atoms with Crippen molar-refractivity contribution in [2.75, 3.05) is 20.1 Å². The maximum absolute atomic E-state index is 11.9. The summed E-state index contributed by atoms with van der Waals surface area (Å²) in [5, 5.41) is 0. The Hall–Kier alpha value is -1.09. The van der Waals surface area contributed by atoms with E-state index < -0.39 is 0 Å². The molecule has 0 aliphatic carbocycles. The molecule has 1 saturated heterocycles. The van der Waals surface area contributed by atoms with Crippen LogP contribution in [-0.4, -0.2) is 47.9 Å². The Bertz CT molecular complexity index is 296. The lowest BCUT2D eigenvalue weighted by Crippen LogP contribution is -2.56. The molecule has 1 fully saturated rings. The molecule has 1 rings (SSSR count). The van der Waals surface area contributed by atoms with E-state index in [1.165, 1.54) is 0 Å². The van der Waals surface area contributed by atoms with Gasteiger partial charge in [-0.15, -0.1) is 0 Å². The molecule has 2 atom stereocenters. The second kappa shape index (κ2) is 5.85. The first-order chi connectivity index (χ1) is 7.56. The number of allylic oxidation sites excluding steroid dienone is 3. The first-order valence-electron chi connectivity index (χ1n) is 5.86. The van der Waals surface area contributed by atoms with Crippen molar-refractivity contribution in [2.45, 2.75) is 32.9 Å². The predicted octanol–water partition coefficient (Wildman–Crippen LogP) is 1.67. The van der Waals surface area contributed by atoms with E-state index >= 15 is 0 Å². The van der Waals surface area contributed by atoms with Crippen molar-refractivity contribution in [3.63, 3.8) is 0 Å². The van der Waals surface area contributed by atoms with Gasteiger partial charge in [0.1, 0.15) is 0 Å². The zero-order valence-corrected chi connectivity index (χ0v) is 10.7. The van der Waals surface area contributed by atoms with Gasteiger partial charge in [0, 0.05) is 31.2 Å². The van der Waals surface area contributed by atoms with E-state index in [9.17, 15) is 4.79 Å². The number of amides is 1. The summed E-state index contributed by atoms with van der Waals surface area (Å²) in [4.78, 5) is 16.2. The number of carbonyl (C=O) groups is 1. The smallest absolute Gasteiger partial charge is 0.246 e. The molecule has 0 radical (unpaired) electrons. The van der Waals surface area contributed by atoms with E-state index in [-0.39, 0.29) is 5.91 Å². The summed E-state index contributed by atoms with van der Waals surface area (Å²) in [6, 6.07) is 0.735. The van der Waals surface area contributed by atoms with Crippen LogP contribution in [0.3, 0.4) is 0 Å². The molecule has 0 spiro atoms. The highest BCUT2D eigenvalue weighted by Crippen LogP contribution is 2.13. The summed E-state index contributed by atoms with van der Waals surface area (Å²) in [6.07, 6.45) is 7.24. The minimum atomic E-state index is 0.116. The van der Waals surface area contributed by atoms with Crippen LogP contribution in [-0.2, 0) is 4.79 Å². The van der Waals surface area contributed by atoms with Crippen LogP contribution in [0.2, 0.25) is 0 Å². The molecule has 3 heteroatoms. The SMILES string of the molecule is CC=CC=CC(=O)N1C[C@H](C)N(C)C[C@H]1C.